The molecule has 82 valence electrons. The van der Waals surface area contributed by atoms with Crippen molar-refractivity contribution in [1.82, 2.24) is 15.1 Å². The Morgan fingerprint density at radius 1 is 1.80 bits per heavy atom. The monoisotopic (exact) mass is 210 g/mol. The van der Waals surface area contributed by atoms with Gasteiger partial charge in [0, 0.05) is 25.9 Å². The second-order valence-electron chi connectivity index (χ2n) is 3.71. The molecule has 1 amide bonds. The zero-order chi connectivity index (χ0) is 10.8. The zero-order valence-electron chi connectivity index (χ0n) is 8.47. The number of aliphatic hydroxyl groups excluding tert-OH is 1. The Hall–Kier alpha value is -1.40. The lowest BCUT2D eigenvalue weighted by molar-refractivity contribution is -0.118. The number of β-amino-alcohol motifs (C(OH)–C–C–N with tert-alkyl or cyclic N) is 1. The van der Waals surface area contributed by atoms with Crippen LogP contribution in [0.1, 0.15) is 6.42 Å². The molecule has 6 nitrogen and oxygen atoms in total. The number of anilines is 1. The summed E-state index contributed by atoms with van der Waals surface area (Å²) in [5, 5.41) is 18.9. The van der Waals surface area contributed by atoms with Crippen LogP contribution in [0, 0.1) is 0 Å². The average molecular weight is 210 g/mol. The Morgan fingerprint density at radius 3 is 3.13 bits per heavy atom. The van der Waals surface area contributed by atoms with E-state index < -0.39 is 6.10 Å². The number of carbonyl (C=O) groups is 1. The van der Waals surface area contributed by atoms with Gasteiger partial charge in [-0.3, -0.25) is 9.48 Å². The summed E-state index contributed by atoms with van der Waals surface area (Å²) in [7, 11) is 1.78. The predicted molar refractivity (Wildman–Crippen MR) is 54.3 cm³/mol. The molecule has 0 spiro atoms. The first-order chi connectivity index (χ1) is 7.15. The normalized spacial score (nSPS) is 25.5. The van der Waals surface area contributed by atoms with Crippen LogP contribution in [0.25, 0.3) is 0 Å². The fraction of sp³-hybridized carbons (Fsp3) is 0.556. The first kappa shape index (κ1) is 10.1. The summed E-state index contributed by atoms with van der Waals surface area (Å²) < 4.78 is 1.62. The molecule has 1 aromatic rings. The highest BCUT2D eigenvalue weighted by Crippen LogP contribution is 2.09. The van der Waals surface area contributed by atoms with Crippen LogP contribution in [0.3, 0.4) is 0 Å². The van der Waals surface area contributed by atoms with Crippen molar-refractivity contribution in [3.63, 3.8) is 0 Å². The van der Waals surface area contributed by atoms with Crippen molar-refractivity contribution in [3.8, 4) is 0 Å². The molecule has 1 fully saturated rings. The predicted octanol–water partition coefficient (Wildman–Crippen LogP) is -0.919. The third kappa shape index (κ3) is 2.34. The van der Waals surface area contributed by atoms with E-state index in [1.165, 1.54) is 0 Å². The lowest BCUT2D eigenvalue weighted by atomic mass is 10.2. The summed E-state index contributed by atoms with van der Waals surface area (Å²) in [6.07, 6.45) is 1.79. The molecule has 0 bridgehead atoms. The number of hydrogen-bond acceptors (Lipinski definition) is 4. The van der Waals surface area contributed by atoms with Crippen LogP contribution in [-0.2, 0) is 11.8 Å². The number of rotatable bonds is 2. The van der Waals surface area contributed by atoms with E-state index in [1.54, 1.807) is 24.0 Å². The lowest BCUT2D eigenvalue weighted by Gasteiger charge is -2.08. The SMILES string of the molecule is Cn1ccc(NC(=O)C2CC(O)CN2)n1. The third-order valence-corrected chi connectivity index (χ3v) is 2.39. The lowest BCUT2D eigenvalue weighted by Crippen LogP contribution is -2.35. The van der Waals surface area contributed by atoms with Gasteiger partial charge in [-0.15, -0.1) is 0 Å². The maximum Gasteiger partial charge on any atom is 0.242 e. The van der Waals surface area contributed by atoms with Crippen molar-refractivity contribution < 1.29 is 9.90 Å². The van der Waals surface area contributed by atoms with Crippen molar-refractivity contribution in [3.05, 3.63) is 12.3 Å². The number of hydrogen-bond donors (Lipinski definition) is 3. The number of nitrogens with zero attached hydrogens (tertiary/aromatic N) is 2. The van der Waals surface area contributed by atoms with E-state index in [9.17, 15) is 9.90 Å². The number of aliphatic hydroxyl groups is 1. The van der Waals surface area contributed by atoms with Crippen molar-refractivity contribution in [2.45, 2.75) is 18.6 Å². The molecule has 1 aliphatic rings. The molecule has 1 aromatic heterocycles. The molecular formula is C9H14N4O2. The minimum Gasteiger partial charge on any atom is -0.392 e. The van der Waals surface area contributed by atoms with Gasteiger partial charge < -0.3 is 15.7 Å². The van der Waals surface area contributed by atoms with Crippen LogP contribution in [0.2, 0.25) is 0 Å². The number of aromatic nitrogens is 2. The average Bonchev–Trinajstić information content (AvgIpc) is 2.75. The molecule has 0 aromatic carbocycles. The second-order valence-corrected chi connectivity index (χ2v) is 3.71. The first-order valence-corrected chi connectivity index (χ1v) is 4.87. The van der Waals surface area contributed by atoms with Gasteiger partial charge in [-0.05, 0) is 6.42 Å². The molecule has 0 radical (unpaired) electrons. The summed E-state index contributed by atoms with van der Waals surface area (Å²) in [6.45, 7) is 0.473. The van der Waals surface area contributed by atoms with Gasteiger partial charge in [0.2, 0.25) is 5.91 Å². The highest BCUT2D eigenvalue weighted by Gasteiger charge is 2.28. The Kier molecular flexibility index (Phi) is 2.70. The number of nitrogens with one attached hydrogen (secondary N) is 2. The molecule has 2 atom stereocenters. The molecule has 0 aliphatic carbocycles. The first-order valence-electron chi connectivity index (χ1n) is 4.87. The molecule has 2 heterocycles. The van der Waals surface area contributed by atoms with Gasteiger partial charge >= 0.3 is 0 Å². The minimum absolute atomic E-state index is 0.148. The number of amides is 1. The van der Waals surface area contributed by atoms with Gasteiger partial charge in [0.25, 0.3) is 0 Å². The zero-order valence-corrected chi connectivity index (χ0v) is 8.47. The van der Waals surface area contributed by atoms with Gasteiger partial charge in [-0.1, -0.05) is 0 Å². The van der Waals surface area contributed by atoms with E-state index in [2.05, 4.69) is 15.7 Å². The summed E-state index contributed by atoms with van der Waals surface area (Å²) in [5.74, 6) is 0.385. The second kappa shape index (κ2) is 4.00. The molecule has 1 aliphatic heterocycles. The highest BCUT2D eigenvalue weighted by molar-refractivity contribution is 5.94. The van der Waals surface area contributed by atoms with Gasteiger partial charge in [-0.2, -0.15) is 5.10 Å². The van der Waals surface area contributed by atoms with Gasteiger partial charge in [0.05, 0.1) is 12.1 Å². The van der Waals surface area contributed by atoms with E-state index in [0.717, 1.165) is 0 Å². The largest absolute Gasteiger partial charge is 0.392 e. The molecule has 0 saturated carbocycles. The van der Waals surface area contributed by atoms with E-state index in [1.807, 2.05) is 0 Å². The van der Waals surface area contributed by atoms with Crippen molar-refractivity contribution >= 4 is 11.7 Å². The smallest absolute Gasteiger partial charge is 0.242 e. The molecule has 6 heteroatoms. The topological polar surface area (TPSA) is 79.2 Å². The Morgan fingerprint density at radius 2 is 2.60 bits per heavy atom. The standard InChI is InChI=1S/C9H14N4O2/c1-13-3-2-8(12-13)11-9(15)7-4-6(14)5-10-7/h2-3,6-7,10,14H,4-5H2,1H3,(H,11,12,15). The molecular weight excluding hydrogens is 196 g/mol. The van der Waals surface area contributed by atoms with Crippen molar-refractivity contribution in [2.75, 3.05) is 11.9 Å². The molecule has 2 unspecified atom stereocenters. The van der Waals surface area contributed by atoms with E-state index >= 15 is 0 Å². The van der Waals surface area contributed by atoms with E-state index in [-0.39, 0.29) is 11.9 Å². The summed E-state index contributed by atoms with van der Waals surface area (Å²) in [6, 6.07) is 1.41. The van der Waals surface area contributed by atoms with Crippen LogP contribution in [-0.4, -0.2) is 39.5 Å². The maximum absolute atomic E-state index is 11.6. The van der Waals surface area contributed by atoms with Gasteiger partial charge in [-0.25, -0.2) is 0 Å². The van der Waals surface area contributed by atoms with E-state index in [4.69, 9.17) is 0 Å². The molecule has 2 rings (SSSR count). The molecule has 3 N–H and O–H groups in total. The van der Waals surface area contributed by atoms with E-state index in [0.29, 0.717) is 18.8 Å². The van der Waals surface area contributed by atoms with Crippen molar-refractivity contribution in [1.29, 1.82) is 0 Å². The van der Waals surface area contributed by atoms with Crippen molar-refractivity contribution in [2.24, 2.45) is 7.05 Å². The summed E-state index contributed by atoms with van der Waals surface area (Å²) >= 11 is 0. The maximum atomic E-state index is 11.6. The fourth-order valence-corrected chi connectivity index (χ4v) is 1.61. The molecule has 1 saturated heterocycles. The van der Waals surface area contributed by atoms with Crippen LogP contribution < -0.4 is 10.6 Å². The third-order valence-electron chi connectivity index (χ3n) is 2.39. The number of carbonyl (C=O) groups excluding carboxylic acids is 1. The van der Waals surface area contributed by atoms with Gasteiger partial charge in [0.1, 0.15) is 0 Å². The summed E-state index contributed by atoms with van der Waals surface area (Å²) in [4.78, 5) is 11.6. The van der Waals surface area contributed by atoms with Crippen LogP contribution >= 0.6 is 0 Å². The Balaban J connectivity index is 1.92. The molecule has 15 heavy (non-hydrogen) atoms. The van der Waals surface area contributed by atoms with Crippen LogP contribution in [0.15, 0.2) is 12.3 Å². The van der Waals surface area contributed by atoms with Crippen LogP contribution in [0.5, 0.6) is 0 Å². The summed E-state index contributed by atoms with van der Waals surface area (Å²) in [5.41, 5.74) is 0. The minimum atomic E-state index is -0.426. The highest BCUT2D eigenvalue weighted by atomic mass is 16.3. The Labute approximate surface area is 87.3 Å². The van der Waals surface area contributed by atoms with Gasteiger partial charge in [0.15, 0.2) is 5.82 Å². The number of aryl methyl sites for hydroxylation is 1. The fourth-order valence-electron chi connectivity index (χ4n) is 1.61. The Bertz CT molecular complexity index is 363. The van der Waals surface area contributed by atoms with Crippen LogP contribution in [0.4, 0.5) is 5.82 Å². The quantitative estimate of drug-likeness (QED) is 0.590.